The molecule has 0 radical (unpaired) electrons. The number of carbonyl (C=O) groups excluding carboxylic acids is 1. The Bertz CT molecular complexity index is 757. The SMILES string of the molecule is COc1ccc(C(=O)NCc2ccccc2N2CCOCC2)cc1OC. The van der Waals surface area contributed by atoms with E-state index >= 15 is 0 Å². The Balaban J connectivity index is 1.70. The van der Waals surface area contributed by atoms with Gasteiger partial charge in [-0.1, -0.05) is 18.2 Å². The molecule has 26 heavy (non-hydrogen) atoms. The largest absolute Gasteiger partial charge is 0.493 e. The molecule has 6 nitrogen and oxygen atoms in total. The van der Waals surface area contributed by atoms with Crippen molar-refractivity contribution in [3.8, 4) is 11.5 Å². The van der Waals surface area contributed by atoms with Gasteiger partial charge in [0.2, 0.25) is 0 Å². The van der Waals surface area contributed by atoms with Gasteiger partial charge in [-0.05, 0) is 29.8 Å². The molecule has 0 bridgehead atoms. The maximum Gasteiger partial charge on any atom is 0.251 e. The average Bonchev–Trinajstić information content (AvgIpc) is 2.72. The molecule has 1 N–H and O–H groups in total. The van der Waals surface area contributed by atoms with Crippen molar-refractivity contribution in [1.29, 1.82) is 0 Å². The van der Waals surface area contributed by atoms with Gasteiger partial charge in [0.25, 0.3) is 5.91 Å². The number of carbonyl (C=O) groups is 1. The van der Waals surface area contributed by atoms with Crippen LogP contribution < -0.4 is 19.7 Å². The number of hydrogen-bond acceptors (Lipinski definition) is 5. The summed E-state index contributed by atoms with van der Waals surface area (Å²) in [5, 5.41) is 2.99. The first kappa shape index (κ1) is 18.1. The quantitative estimate of drug-likeness (QED) is 0.862. The lowest BCUT2D eigenvalue weighted by atomic mass is 10.1. The van der Waals surface area contributed by atoms with Crippen LogP contribution in [0.2, 0.25) is 0 Å². The van der Waals surface area contributed by atoms with Crippen molar-refractivity contribution in [2.45, 2.75) is 6.54 Å². The molecule has 0 saturated carbocycles. The number of benzene rings is 2. The van der Waals surface area contributed by atoms with E-state index in [0.29, 0.717) is 23.6 Å². The highest BCUT2D eigenvalue weighted by Gasteiger charge is 2.15. The lowest BCUT2D eigenvalue weighted by molar-refractivity contribution is 0.0950. The van der Waals surface area contributed by atoms with Crippen molar-refractivity contribution in [1.82, 2.24) is 5.32 Å². The van der Waals surface area contributed by atoms with Crippen LogP contribution >= 0.6 is 0 Å². The van der Waals surface area contributed by atoms with Gasteiger partial charge in [-0.15, -0.1) is 0 Å². The Morgan fingerprint density at radius 1 is 1.08 bits per heavy atom. The van der Waals surface area contributed by atoms with Crippen molar-refractivity contribution in [2.75, 3.05) is 45.4 Å². The van der Waals surface area contributed by atoms with Crippen LogP contribution in [0, 0.1) is 0 Å². The Morgan fingerprint density at radius 2 is 1.81 bits per heavy atom. The van der Waals surface area contributed by atoms with Crippen LogP contribution in [0.15, 0.2) is 42.5 Å². The van der Waals surface area contributed by atoms with Gasteiger partial charge in [-0.3, -0.25) is 4.79 Å². The average molecular weight is 356 g/mol. The molecule has 3 rings (SSSR count). The Kier molecular flexibility index (Phi) is 5.96. The first-order valence-corrected chi connectivity index (χ1v) is 8.63. The first-order chi connectivity index (χ1) is 12.7. The van der Waals surface area contributed by atoms with Gasteiger partial charge in [-0.25, -0.2) is 0 Å². The van der Waals surface area contributed by atoms with Crippen LogP contribution in [0.3, 0.4) is 0 Å². The second-order valence-corrected chi connectivity index (χ2v) is 5.98. The van der Waals surface area contributed by atoms with E-state index in [9.17, 15) is 4.79 Å². The molecular weight excluding hydrogens is 332 g/mol. The summed E-state index contributed by atoms with van der Waals surface area (Å²) in [6.45, 7) is 3.64. The number of hydrogen-bond donors (Lipinski definition) is 1. The third-order valence-electron chi connectivity index (χ3n) is 4.43. The monoisotopic (exact) mass is 356 g/mol. The van der Waals surface area contributed by atoms with Crippen LogP contribution in [-0.2, 0) is 11.3 Å². The lowest BCUT2D eigenvalue weighted by Gasteiger charge is -2.30. The van der Waals surface area contributed by atoms with Crippen molar-refractivity contribution in [2.24, 2.45) is 0 Å². The molecule has 0 aliphatic carbocycles. The fraction of sp³-hybridized carbons (Fsp3) is 0.350. The van der Waals surface area contributed by atoms with E-state index < -0.39 is 0 Å². The van der Waals surface area contributed by atoms with Gasteiger partial charge in [0, 0.05) is 30.9 Å². The van der Waals surface area contributed by atoms with Crippen LogP contribution in [0.1, 0.15) is 15.9 Å². The minimum atomic E-state index is -0.150. The maximum absolute atomic E-state index is 12.5. The minimum Gasteiger partial charge on any atom is -0.493 e. The normalized spacial score (nSPS) is 14.0. The Morgan fingerprint density at radius 3 is 2.54 bits per heavy atom. The van der Waals surface area contributed by atoms with Gasteiger partial charge in [0.1, 0.15) is 0 Å². The number of anilines is 1. The predicted molar refractivity (Wildman–Crippen MR) is 100 cm³/mol. The molecule has 2 aromatic rings. The topological polar surface area (TPSA) is 60.0 Å². The molecule has 6 heteroatoms. The van der Waals surface area contributed by atoms with E-state index in [1.54, 1.807) is 32.4 Å². The molecule has 1 saturated heterocycles. The number of para-hydroxylation sites is 1. The van der Waals surface area contributed by atoms with Crippen LogP contribution in [0.4, 0.5) is 5.69 Å². The zero-order valence-corrected chi connectivity index (χ0v) is 15.2. The van der Waals surface area contributed by atoms with E-state index in [2.05, 4.69) is 16.3 Å². The minimum absolute atomic E-state index is 0.150. The van der Waals surface area contributed by atoms with E-state index in [-0.39, 0.29) is 5.91 Å². The van der Waals surface area contributed by atoms with E-state index in [4.69, 9.17) is 14.2 Å². The zero-order valence-electron chi connectivity index (χ0n) is 15.2. The highest BCUT2D eigenvalue weighted by Crippen LogP contribution is 2.27. The highest BCUT2D eigenvalue weighted by atomic mass is 16.5. The van der Waals surface area contributed by atoms with Crippen LogP contribution in [-0.4, -0.2) is 46.4 Å². The number of morpholine rings is 1. The number of methoxy groups -OCH3 is 2. The number of nitrogens with one attached hydrogen (secondary N) is 1. The standard InChI is InChI=1S/C20H24N2O4/c1-24-18-8-7-15(13-19(18)25-2)20(23)21-14-16-5-3-4-6-17(16)22-9-11-26-12-10-22/h3-8,13H,9-12,14H2,1-2H3,(H,21,23). The van der Waals surface area contributed by atoms with Gasteiger partial charge >= 0.3 is 0 Å². The molecule has 1 aliphatic heterocycles. The van der Waals surface area contributed by atoms with Gasteiger partial charge in [0.15, 0.2) is 11.5 Å². The number of nitrogens with zero attached hydrogens (tertiary/aromatic N) is 1. The third kappa shape index (κ3) is 4.08. The molecule has 1 heterocycles. The van der Waals surface area contributed by atoms with Gasteiger partial charge in [-0.2, -0.15) is 0 Å². The summed E-state index contributed by atoms with van der Waals surface area (Å²) in [6.07, 6.45) is 0. The zero-order chi connectivity index (χ0) is 18.4. The molecule has 0 atom stereocenters. The summed E-state index contributed by atoms with van der Waals surface area (Å²) < 4.78 is 15.9. The summed E-state index contributed by atoms with van der Waals surface area (Å²) in [6, 6.07) is 13.3. The van der Waals surface area contributed by atoms with Crippen LogP contribution in [0.5, 0.6) is 11.5 Å². The van der Waals surface area contributed by atoms with E-state index in [0.717, 1.165) is 37.6 Å². The third-order valence-corrected chi connectivity index (χ3v) is 4.43. The fourth-order valence-corrected chi connectivity index (χ4v) is 3.03. The molecule has 1 amide bonds. The highest BCUT2D eigenvalue weighted by molar-refractivity contribution is 5.94. The summed E-state index contributed by atoms with van der Waals surface area (Å²) >= 11 is 0. The lowest BCUT2D eigenvalue weighted by Crippen LogP contribution is -2.37. The molecule has 0 spiro atoms. The molecule has 138 valence electrons. The summed E-state index contributed by atoms with van der Waals surface area (Å²) in [5.74, 6) is 0.985. The first-order valence-electron chi connectivity index (χ1n) is 8.63. The maximum atomic E-state index is 12.5. The smallest absolute Gasteiger partial charge is 0.251 e. The van der Waals surface area contributed by atoms with Crippen molar-refractivity contribution in [3.63, 3.8) is 0 Å². The van der Waals surface area contributed by atoms with Gasteiger partial charge < -0.3 is 24.4 Å². The second kappa shape index (κ2) is 8.58. The van der Waals surface area contributed by atoms with E-state index in [1.807, 2.05) is 18.2 Å². The Hall–Kier alpha value is -2.73. The summed E-state index contributed by atoms with van der Waals surface area (Å²) in [7, 11) is 3.12. The summed E-state index contributed by atoms with van der Waals surface area (Å²) in [5.41, 5.74) is 2.76. The molecule has 1 fully saturated rings. The molecule has 1 aliphatic rings. The Labute approximate surface area is 153 Å². The molecule has 2 aromatic carbocycles. The van der Waals surface area contributed by atoms with Crippen LogP contribution in [0.25, 0.3) is 0 Å². The van der Waals surface area contributed by atoms with Crippen molar-refractivity contribution < 1.29 is 19.0 Å². The second-order valence-electron chi connectivity index (χ2n) is 5.98. The van der Waals surface area contributed by atoms with Gasteiger partial charge in [0.05, 0.1) is 27.4 Å². The van der Waals surface area contributed by atoms with Crippen molar-refractivity contribution >= 4 is 11.6 Å². The summed E-state index contributed by atoms with van der Waals surface area (Å²) in [4.78, 5) is 14.8. The molecule has 0 unspecified atom stereocenters. The fourth-order valence-electron chi connectivity index (χ4n) is 3.03. The predicted octanol–water partition coefficient (Wildman–Crippen LogP) is 2.47. The van der Waals surface area contributed by atoms with Crippen molar-refractivity contribution in [3.05, 3.63) is 53.6 Å². The number of rotatable bonds is 6. The molecular formula is C20H24N2O4. The molecule has 0 aromatic heterocycles. The number of ether oxygens (including phenoxy) is 3. The van der Waals surface area contributed by atoms with E-state index in [1.165, 1.54) is 0 Å². The number of amides is 1.